The van der Waals surface area contributed by atoms with Gasteiger partial charge < -0.3 is 10.6 Å². The predicted octanol–water partition coefficient (Wildman–Crippen LogP) is 3.31. The smallest absolute Gasteiger partial charge is 0.0217 e. The zero-order chi connectivity index (χ0) is 14.6. The lowest BCUT2D eigenvalue weighted by Crippen LogP contribution is -2.47. The summed E-state index contributed by atoms with van der Waals surface area (Å²) in [6, 6.07) is 11.2. The van der Waals surface area contributed by atoms with Gasteiger partial charge in [0.05, 0.1) is 0 Å². The van der Waals surface area contributed by atoms with Crippen LogP contribution in [0.3, 0.4) is 0 Å². The number of likely N-dealkylation sites (tertiary alicyclic amines) is 1. The summed E-state index contributed by atoms with van der Waals surface area (Å²) in [6.07, 6.45) is 3.86. The molecular formula is C18H30N2. The van der Waals surface area contributed by atoms with Gasteiger partial charge in [-0.2, -0.15) is 0 Å². The number of hydrogen-bond acceptors (Lipinski definition) is 2. The molecule has 0 bridgehead atoms. The molecule has 20 heavy (non-hydrogen) atoms. The molecule has 2 N–H and O–H groups in total. The molecule has 1 aliphatic heterocycles. The topological polar surface area (TPSA) is 29.3 Å². The van der Waals surface area contributed by atoms with E-state index in [1.165, 1.54) is 37.9 Å². The molecule has 1 aromatic rings. The molecular weight excluding hydrogens is 244 g/mol. The number of hydrogen-bond donors (Lipinski definition) is 1. The minimum Gasteiger partial charge on any atom is -0.326 e. The van der Waals surface area contributed by atoms with Crippen molar-refractivity contribution in [1.82, 2.24) is 4.90 Å². The van der Waals surface area contributed by atoms with Gasteiger partial charge >= 0.3 is 0 Å². The Bertz CT molecular complexity index is 386. The molecule has 2 heteroatoms. The quantitative estimate of drug-likeness (QED) is 0.912. The Morgan fingerprint density at radius 2 is 1.75 bits per heavy atom. The second-order valence-corrected chi connectivity index (χ2v) is 7.41. The second kappa shape index (κ2) is 6.73. The van der Waals surface area contributed by atoms with Crippen LogP contribution in [0, 0.1) is 11.3 Å². The van der Waals surface area contributed by atoms with Gasteiger partial charge in [-0.1, -0.05) is 51.1 Å². The molecule has 0 spiro atoms. The average Bonchev–Trinajstić information content (AvgIpc) is 2.41. The molecule has 112 valence electrons. The van der Waals surface area contributed by atoms with Crippen molar-refractivity contribution in [3.8, 4) is 0 Å². The van der Waals surface area contributed by atoms with Crippen LogP contribution < -0.4 is 5.73 Å². The van der Waals surface area contributed by atoms with Crippen LogP contribution in [-0.2, 0) is 6.42 Å². The van der Waals surface area contributed by atoms with Crippen molar-refractivity contribution < 1.29 is 0 Å². The van der Waals surface area contributed by atoms with Gasteiger partial charge in [-0.3, -0.25) is 0 Å². The van der Waals surface area contributed by atoms with Gasteiger partial charge in [-0.05, 0) is 49.2 Å². The highest BCUT2D eigenvalue weighted by Gasteiger charge is 2.25. The fourth-order valence-corrected chi connectivity index (χ4v) is 2.87. The summed E-state index contributed by atoms with van der Waals surface area (Å²) in [5.41, 5.74) is 7.99. The molecule has 1 aliphatic rings. The maximum Gasteiger partial charge on any atom is 0.0217 e. The molecule has 0 aromatic heterocycles. The summed E-state index contributed by atoms with van der Waals surface area (Å²) in [5.74, 6) is 0.847. The van der Waals surface area contributed by atoms with Crippen molar-refractivity contribution in [1.29, 1.82) is 0 Å². The van der Waals surface area contributed by atoms with Crippen molar-refractivity contribution >= 4 is 0 Å². The molecule has 1 unspecified atom stereocenters. The molecule has 1 aromatic carbocycles. The van der Waals surface area contributed by atoms with Gasteiger partial charge in [0, 0.05) is 12.6 Å². The lowest BCUT2D eigenvalue weighted by Gasteiger charge is -2.37. The van der Waals surface area contributed by atoms with Crippen LogP contribution in [-0.4, -0.2) is 30.6 Å². The van der Waals surface area contributed by atoms with Crippen molar-refractivity contribution in [2.24, 2.45) is 17.1 Å². The SMILES string of the molecule is CC(C)(C)C(N)CN1CCC(Cc2ccccc2)CC1. The van der Waals surface area contributed by atoms with Crippen LogP contribution in [0.5, 0.6) is 0 Å². The number of piperidine rings is 1. The maximum absolute atomic E-state index is 6.30. The molecule has 0 aliphatic carbocycles. The van der Waals surface area contributed by atoms with E-state index in [4.69, 9.17) is 5.73 Å². The Kier molecular flexibility index (Phi) is 5.22. The van der Waals surface area contributed by atoms with Gasteiger partial charge in [0.15, 0.2) is 0 Å². The first-order valence-electron chi connectivity index (χ1n) is 7.97. The molecule has 1 atom stereocenters. The average molecular weight is 274 g/mol. The zero-order valence-electron chi connectivity index (χ0n) is 13.3. The van der Waals surface area contributed by atoms with Gasteiger partial charge in [-0.25, -0.2) is 0 Å². The Morgan fingerprint density at radius 1 is 1.15 bits per heavy atom. The number of nitrogens with zero attached hydrogens (tertiary/aromatic N) is 1. The number of rotatable bonds is 4. The van der Waals surface area contributed by atoms with Gasteiger partial charge in [-0.15, -0.1) is 0 Å². The summed E-state index contributed by atoms with van der Waals surface area (Å²) < 4.78 is 0. The maximum atomic E-state index is 6.30. The highest BCUT2D eigenvalue weighted by molar-refractivity contribution is 5.15. The summed E-state index contributed by atoms with van der Waals surface area (Å²) in [4.78, 5) is 2.55. The lowest BCUT2D eigenvalue weighted by molar-refractivity contribution is 0.147. The Morgan fingerprint density at radius 3 is 2.30 bits per heavy atom. The highest BCUT2D eigenvalue weighted by Crippen LogP contribution is 2.24. The third kappa shape index (κ3) is 4.60. The van der Waals surface area contributed by atoms with Gasteiger partial charge in [0.25, 0.3) is 0 Å². The molecule has 1 fully saturated rings. The molecule has 0 radical (unpaired) electrons. The third-order valence-electron chi connectivity index (χ3n) is 4.64. The lowest BCUT2D eigenvalue weighted by atomic mass is 9.85. The summed E-state index contributed by atoms with van der Waals surface area (Å²) in [7, 11) is 0. The van der Waals surface area contributed by atoms with E-state index < -0.39 is 0 Å². The standard InChI is InChI=1S/C18H30N2/c1-18(2,3)17(19)14-20-11-9-16(10-12-20)13-15-7-5-4-6-8-15/h4-8,16-17H,9-14,19H2,1-3H3. The Balaban J connectivity index is 1.75. The fraction of sp³-hybridized carbons (Fsp3) is 0.667. The van der Waals surface area contributed by atoms with E-state index >= 15 is 0 Å². The Hall–Kier alpha value is -0.860. The second-order valence-electron chi connectivity index (χ2n) is 7.41. The van der Waals surface area contributed by atoms with Crippen LogP contribution in [0.4, 0.5) is 0 Å². The predicted molar refractivity (Wildman–Crippen MR) is 86.7 cm³/mol. The highest BCUT2D eigenvalue weighted by atomic mass is 15.1. The first-order chi connectivity index (χ1) is 9.45. The van der Waals surface area contributed by atoms with Crippen LogP contribution in [0.25, 0.3) is 0 Å². The fourth-order valence-electron chi connectivity index (χ4n) is 2.87. The number of benzene rings is 1. The zero-order valence-corrected chi connectivity index (χ0v) is 13.3. The van der Waals surface area contributed by atoms with Crippen molar-refractivity contribution in [2.45, 2.75) is 46.1 Å². The van der Waals surface area contributed by atoms with Crippen molar-refractivity contribution in [3.63, 3.8) is 0 Å². The monoisotopic (exact) mass is 274 g/mol. The molecule has 0 saturated carbocycles. The minimum absolute atomic E-state index is 0.209. The van der Waals surface area contributed by atoms with Crippen molar-refractivity contribution in [3.05, 3.63) is 35.9 Å². The molecule has 1 saturated heterocycles. The largest absolute Gasteiger partial charge is 0.326 e. The first kappa shape index (κ1) is 15.5. The molecule has 2 nitrogen and oxygen atoms in total. The van der Waals surface area contributed by atoms with E-state index in [1.807, 2.05) is 0 Å². The third-order valence-corrected chi connectivity index (χ3v) is 4.64. The van der Waals surface area contributed by atoms with Crippen LogP contribution in [0.1, 0.15) is 39.2 Å². The van der Waals surface area contributed by atoms with E-state index in [9.17, 15) is 0 Å². The van der Waals surface area contributed by atoms with Gasteiger partial charge in [0.2, 0.25) is 0 Å². The summed E-state index contributed by atoms with van der Waals surface area (Å²) in [6.45, 7) is 10.2. The Labute approximate surface area is 124 Å². The molecule has 0 amide bonds. The summed E-state index contributed by atoms with van der Waals surface area (Å²) in [5, 5.41) is 0. The molecule has 1 heterocycles. The van der Waals surface area contributed by atoms with E-state index in [-0.39, 0.29) is 11.5 Å². The van der Waals surface area contributed by atoms with Gasteiger partial charge in [0.1, 0.15) is 0 Å². The first-order valence-corrected chi connectivity index (χ1v) is 7.97. The normalized spacial score (nSPS) is 20.0. The van der Waals surface area contributed by atoms with E-state index in [0.717, 1.165) is 12.5 Å². The molecule has 2 rings (SSSR count). The van der Waals surface area contributed by atoms with E-state index in [1.54, 1.807) is 0 Å². The van der Waals surface area contributed by atoms with E-state index in [0.29, 0.717) is 0 Å². The van der Waals surface area contributed by atoms with Crippen LogP contribution in [0.15, 0.2) is 30.3 Å². The van der Waals surface area contributed by atoms with Crippen LogP contribution >= 0.6 is 0 Å². The number of nitrogens with two attached hydrogens (primary N) is 1. The minimum atomic E-state index is 0.209. The summed E-state index contributed by atoms with van der Waals surface area (Å²) >= 11 is 0. The van der Waals surface area contributed by atoms with Crippen molar-refractivity contribution in [2.75, 3.05) is 19.6 Å². The van der Waals surface area contributed by atoms with Crippen LogP contribution in [0.2, 0.25) is 0 Å². The van der Waals surface area contributed by atoms with E-state index in [2.05, 4.69) is 56.0 Å².